The highest BCUT2D eigenvalue weighted by Gasteiger charge is 2.23. The Bertz CT molecular complexity index is 630. The predicted molar refractivity (Wildman–Crippen MR) is 87.9 cm³/mol. The number of allylic oxidation sites excluding steroid dienone is 3. The molecule has 0 saturated heterocycles. The van der Waals surface area contributed by atoms with Crippen molar-refractivity contribution in [2.75, 3.05) is 0 Å². The van der Waals surface area contributed by atoms with Crippen molar-refractivity contribution < 1.29 is 12.6 Å². The van der Waals surface area contributed by atoms with Gasteiger partial charge in [0, 0.05) is 4.48 Å². The van der Waals surface area contributed by atoms with E-state index in [9.17, 15) is 8.42 Å². The smallest absolute Gasteiger partial charge is 0.258 e. The van der Waals surface area contributed by atoms with Crippen LogP contribution in [0.2, 0.25) is 0 Å². The van der Waals surface area contributed by atoms with Gasteiger partial charge in [0.25, 0.3) is 10.1 Å². The molecule has 5 heteroatoms. The van der Waals surface area contributed by atoms with Crippen LogP contribution < -0.4 is 0 Å². The summed E-state index contributed by atoms with van der Waals surface area (Å²) >= 11 is 3.45. The average Bonchev–Trinajstić information content (AvgIpc) is 2.53. The lowest BCUT2D eigenvalue weighted by Crippen LogP contribution is -2.19. The highest BCUT2D eigenvalue weighted by molar-refractivity contribution is 9.11. The van der Waals surface area contributed by atoms with Gasteiger partial charge in [-0.05, 0) is 44.7 Å². The quantitative estimate of drug-likeness (QED) is 0.581. The molecule has 0 amide bonds. The highest BCUT2D eigenvalue weighted by atomic mass is 79.9. The third-order valence-corrected chi connectivity index (χ3v) is 5.46. The summed E-state index contributed by atoms with van der Waals surface area (Å²) in [6.07, 6.45) is 9.01. The molecule has 21 heavy (non-hydrogen) atoms. The molecule has 3 nitrogen and oxygen atoms in total. The molecule has 0 bridgehead atoms. The minimum Gasteiger partial charge on any atom is -0.258 e. The van der Waals surface area contributed by atoms with Crippen LogP contribution in [-0.4, -0.2) is 14.5 Å². The largest absolute Gasteiger partial charge is 0.297 e. The fourth-order valence-electron chi connectivity index (χ4n) is 2.08. The maximum absolute atomic E-state index is 12.4. The van der Waals surface area contributed by atoms with Crippen molar-refractivity contribution in [3.8, 4) is 0 Å². The Balaban J connectivity index is 2.19. The summed E-state index contributed by atoms with van der Waals surface area (Å²) in [4.78, 5) is 0.198. The van der Waals surface area contributed by atoms with E-state index in [-0.39, 0.29) is 4.90 Å². The predicted octanol–water partition coefficient (Wildman–Crippen LogP) is 4.48. The van der Waals surface area contributed by atoms with E-state index in [1.807, 2.05) is 13.0 Å². The summed E-state index contributed by atoms with van der Waals surface area (Å²) in [5, 5.41) is 0. The zero-order valence-electron chi connectivity index (χ0n) is 12.0. The SMILES string of the molecule is Cc1ccc(S(=O)(=O)O[C@H]2CC/C=C\CC/C=C/2Br)cc1. The van der Waals surface area contributed by atoms with Crippen LogP contribution in [0.3, 0.4) is 0 Å². The van der Waals surface area contributed by atoms with Crippen molar-refractivity contribution in [3.63, 3.8) is 0 Å². The number of aryl methyl sites for hydroxylation is 1. The summed E-state index contributed by atoms with van der Waals surface area (Å²) in [6, 6.07) is 6.70. The van der Waals surface area contributed by atoms with E-state index in [0.29, 0.717) is 6.42 Å². The minimum absolute atomic E-state index is 0.198. The van der Waals surface area contributed by atoms with Crippen LogP contribution in [0.5, 0.6) is 0 Å². The molecular formula is C16H19BrO3S. The van der Waals surface area contributed by atoms with E-state index in [0.717, 1.165) is 29.3 Å². The Morgan fingerprint density at radius 1 is 1.10 bits per heavy atom. The van der Waals surface area contributed by atoms with Crippen LogP contribution in [0.4, 0.5) is 0 Å². The van der Waals surface area contributed by atoms with Gasteiger partial charge in [-0.15, -0.1) is 0 Å². The maximum atomic E-state index is 12.4. The molecule has 0 spiro atoms. The molecule has 114 valence electrons. The molecule has 0 radical (unpaired) electrons. The molecule has 0 aromatic heterocycles. The zero-order valence-corrected chi connectivity index (χ0v) is 14.4. The summed E-state index contributed by atoms with van der Waals surface area (Å²) < 4.78 is 30.9. The molecule has 0 unspecified atom stereocenters. The van der Waals surface area contributed by atoms with E-state index in [1.165, 1.54) is 0 Å². The number of halogens is 1. The molecule has 0 heterocycles. The van der Waals surface area contributed by atoms with Gasteiger partial charge >= 0.3 is 0 Å². The molecule has 0 aliphatic heterocycles. The van der Waals surface area contributed by atoms with Crippen LogP contribution in [0, 0.1) is 6.92 Å². The van der Waals surface area contributed by atoms with Crippen LogP contribution in [0.1, 0.15) is 31.2 Å². The van der Waals surface area contributed by atoms with Gasteiger partial charge in [0.05, 0.1) is 4.90 Å². The van der Waals surface area contributed by atoms with Crippen LogP contribution in [0.25, 0.3) is 0 Å². The maximum Gasteiger partial charge on any atom is 0.297 e. The summed E-state index contributed by atoms with van der Waals surface area (Å²) in [7, 11) is -3.74. The second-order valence-corrected chi connectivity index (χ2v) is 7.55. The molecule has 1 aliphatic carbocycles. The number of rotatable bonds is 3. The molecule has 0 N–H and O–H groups in total. The first kappa shape index (κ1) is 16.5. The fourth-order valence-corrected chi connectivity index (χ4v) is 3.84. The van der Waals surface area contributed by atoms with Gasteiger partial charge in [-0.3, -0.25) is 4.18 Å². The van der Waals surface area contributed by atoms with E-state index in [2.05, 4.69) is 28.1 Å². The van der Waals surface area contributed by atoms with Gasteiger partial charge in [-0.1, -0.05) is 51.9 Å². The zero-order chi connectivity index (χ0) is 15.3. The standard InChI is InChI=1S/C16H19BrO3S/c1-13-9-11-14(12-10-13)21(18,19)20-16-8-6-4-2-3-5-7-15(16)17/h2,4,7,9-12,16H,3,5-6,8H2,1H3/b4-2-,15-7-/t16-/m0/s1. The molecule has 1 aromatic rings. The van der Waals surface area contributed by atoms with Crippen LogP contribution in [0.15, 0.2) is 51.9 Å². The number of hydrogen-bond acceptors (Lipinski definition) is 3. The Kier molecular flexibility index (Phi) is 5.79. The summed E-state index contributed by atoms with van der Waals surface area (Å²) in [5.74, 6) is 0. The van der Waals surface area contributed by atoms with E-state index in [1.54, 1.807) is 24.3 Å². The summed E-state index contributed by atoms with van der Waals surface area (Å²) in [5.41, 5.74) is 1.02. The Morgan fingerprint density at radius 2 is 1.76 bits per heavy atom. The highest BCUT2D eigenvalue weighted by Crippen LogP contribution is 2.26. The van der Waals surface area contributed by atoms with Crippen molar-refractivity contribution in [1.82, 2.24) is 0 Å². The van der Waals surface area contributed by atoms with Gasteiger partial charge in [-0.2, -0.15) is 8.42 Å². The fraction of sp³-hybridized carbons (Fsp3) is 0.375. The Labute approximate surface area is 135 Å². The number of hydrogen-bond donors (Lipinski definition) is 0. The van der Waals surface area contributed by atoms with Crippen LogP contribution >= 0.6 is 15.9 Å². The van der Waals surface area contributed by atoms with E-state index >= 15 is 0 Å². The Hall–Kier alpha value is -0.910. The monoisotopic (exact) mass is 370 g/mol. The lowest BCUT2D eigenvalue weighted by molar-refractivity contribution is 0.243. The normalized spacial score (nSPS) is 24.3. The van der Waals surface area contributed by atoms with E-state index < -0.39 is 16.2 Å². The van der Waals surface area contributed by atoms with Gasteiger partial charge in [0.1, 0.15) is 6.10 Å². The minimum atomic E-state index is -3.74. The lowest BCUT2D eigenvalue weighted by atomic mass is 10.2. The topological polar surface area (TPSA) is 43.4 Å². The lowest BCUT2D eigenvalue weighted by Gasteiger charge is -2.16. The van der Waals surface area contributed by atoms with Gasteiger partial charge in [-0.25, -0.2) is 0 Å². The first-order valence-corrected chi connectivity index (χ1v) is 9.20. The third kappa shape index (κ3) is 4.80. The van der Waals surface area contributed by atoms with Gasteiger partial charge in [0.2, 0.25) is 0 Å². The van der Waals surface area contributed by atoms with Crippen molar-refractivity contribution >= 4 is 26.0 Å². The molecule has 1 aliphatic rings. The summed E-state index contributed by atoms with van der Waals surface area (Å²) in [6.45, 7) is 1.92. The second-order valence-electron chi connectivity index (χ2n) is 5.07. The van der Waals surface area contributed by atoms with Crippen molar-refractivity contribution in [2.45, 2.75) is 43.6 Å². The van der Waals surface area contributed by atoms with Crippen molar-refractivity contribution in [1.29, 1.82) is 0 Å². The molecule has 1 atom stereocenters. The molecule has 1 aromatic carbocycles. The molecule has 2 rings (SSSR count). The third-order valence-electron chi connectivity index (χ3n) is 3.29. The first-order chi connectivity index (χ1) is 9.99. The molecule has 0 fully saturated rings. The van der Waals surface area contributed by atoms with Gasteiger partial charge in [0.15, 0.2) is 0 Å². The van der Waals surface area contributed by atoms with E-state index in [4.69, 9.17) is 4.18 Å². The Morgan fingerprint density at radius 3 is 2.48 bits per heavy atom. The van der Waals surface area contributed by atoms with Crippen molar-refractivity contribution in [3.05, 3.63) is 52.5 Å². The first-order valence-electron chi connectivity index (χ1n) is 6.99. The average molecular weight is 371 g/mol. The molecular weight excluding hydrogens is 352 g/mol. The number of benzene rings is 1. The van der Waals surface area contributed by atoms with Crippen LogP contribution in [-0.2, 0) is 14.3 Å². The second kappa shape index (κ2) is 7.38. The van der Waals surface area contributed by atoms with Crippen molar-refractivity contribution in [2.24, 2.45) is 0 Å². The molecule has 0 saturated carbocycles. The van der Waals surface area contributed by atoms with Gasteiger partial charge < -0.3 is 0 Å².